The van der Waals surface area contributed by atoms with Gasteiger partial charge < -0.3 is 4.74 Å². The monoisotopic (exact) mass is 431 g/mol. The molecule has 0 aromatic heterocycles. The highest BCUT2D eigenvalue weighted by Crippen LogP contribution is 2.40. The molecular formula is C29H35OS+. The van der Waals surface area contributed by atoms with Crippen LogP contribution < -0.4 is 4.74 Å². The lowest BCUT2D eigenvalue weighted by Gasteiger charge is -2.42. The van der Waals surface area contributed by atoms with E-state index in [0.29, 0.717) is 5.92 Å². The summed E-state index contributed by atoms with van der Waals surface area (Å²) in [5.41, 5.74) is -0.0253. The zero-order valence-corrected chi connectivity index (χ0v) is 19.7. The second kappa shape index (κ2) is 10.4. The first-order chi connectivity index (χ1) is 15.3. The fourth-order valence-corrected chi connectivity index (χ4v) is 7.17. The van der Waals surface area contributed by atoms with Crippen LogP contribution in [0.3, 0.4) is 0 Å². The molecule has 0 aliphatic heterocycles. The molecule has 3 aromatic carbocycles. The number of ether oxygens (including phenoxy) is 1. The average molecular weight is 432 g/mol. The normalized spacial score (nSPS) is 15.2. The predicted molar refractivity (Wildman–Crippen MR) is 132 cm³/mol. The Kier molecular flexibility index (Phi) is 7.40. The lowest BCUT2D eigenvalue weighted by molar-refractivity contribution is -0.0154. The van der Waals surface area contributed by atoms with E-state index in [-0.39, 0.29) is 16.5 Å². The minimum Gasteiger partial charge on any atom is -0.487 e. The Labute approximate surface area is 191 Å². The molecule has 0 radical (unpaired) electrons. The zero-order chi connectivity index (χ0) is 21.5. The average Bonchev–Trinajstić information content (AvgIpc) is 2.86. The molecule has 0 amide bonds. The lowest BCUT2D eigenvalue weighted by Crippen LogP contribution is -2.43. The third kappa shape index (κ3) is 5.01. The van der Waals surface area contributed by atoms with Gasteiger partial charge in [-0.15, -0.1) is 0 Å². The Balaban J connectivity index is 1.61. The fourth-order valence-electron chi connectivity index (χ4n) is 5.08. The molecular weight excluding hydrogens is 396 g/mol. The van der Waals surface area contributed by atoms with Crippen LogP contribution in [0.15, 0.2) is 99.6 Å². The fraction of sp³-hybridized carbons (Fsp3) is 0.379. The van der Waals surface area contributed by atoms with E-state index in [1.54, 1.807) is 0 Å². The molecule has 0 N–H and O–H groups in total. The van der Waals surface area contributed by atoms with Gasteiger partial charge in [-0.1, -0.05) is 69.5 Å². The third-order valence-electron chi connectivity index (χ3n) is 6.88. The van der Waals surface area contributed by atoms with Crippen LogP contribution in [-0.4, -0.2) is 5.60 Å². The van der Waals surface area contributed by atoms with E-state index < -0.39 is 0 Å². The third-order valence-corrected chi connectivity index (χ3v) is 9.12. The molecule has 2 heteroatoms. The Morgan fingerprint density at radius 1 is 0.677 bits per heavy atom. The first kappa shape index (κ1) is 22.0. The van der Waals surface area contributed by atoms with E-state index in [9.17, 15) is 0 Å². The number of rotatable bonds is 8. The molecule has 31 heavy (non-hydrogen) atoms. The summed E-state index contributed by atoms with van der Waals surface area (Å²) in [5.74, 6) is 1.70. The molecule has 0 bridgehead atoms. The van der Waals surface area contributed by atoms with E-state index >= 15 is 0 Å². The molecule has 1 fully saturated rings. The van der Waals surface area contributed by atoms with E-state index in [1.807, 2.05) is 0 Å². The second-order valence-electron chi connectivity index (χ2n) is 8.61. The summed E-state index contributed by atoms with van der Waals surface area (Å²) >= 11 is 0. The highest BCUT2D eigenvalue weighted by atomic mass is 32.2. The standard InChI is InChI=1S/C29H35OS/c1-3-29(4-2,24-14-8-5-9-15-24)30-25-20-22-28(23-21-25)31(26-16-10-6-11-17-26)27-18-12-7-13-19-27/h6-7,10-13,16-24H,3-5,8-9,14-15H2,1-2H3/q+1. The maximum atomic E-state index is 6.79. The van der Waals surface area contributed by atoms with E-state index in [1.165, 1.54) is 46.8 Å². The molecule has 0 atom stereocenters. The summed E-state index contributed by atoms with van der Waals surface area (Å²) in [4.78, 5) is 4.03. The summed E-state index contributed by atoms with van der Waals surface area (Å²) in [5, 5.41) is 0. The van der Waals surface area contributed by atoms with Crippen molar-refractivity contribution < 1.29 is 4.74 Å². The van der Waals surface area contributed by atoms with Crippen LogP contribution >= 0.6 is 0 Å². The summed E-state index contributed by atoms with van der Waals surface area (Å²) in [7, 11) is -0.109. The minimum atomic E-state index is -0.109. The van der Waals surface area contributed by atoms with Gasteiger partial charge >= 0.3 is 0 Å². The van der Waals surface area contributed by atoms with E-state index in [0.717, 1.165) is 18.6 Å². The lowest BCUT2D eigenvalue weighted by atomic mass is 9.74. The molecule has 3 aromatic rings. The molecule has 1 aliphatic carbocycles. The topological polar surface area (TPSA) is 9.23 Å². The molecule has 4 rings (SSSR count). The summed E-state index contributed by atoms with van der Waals surface area (Å²) in [6.45, 7) is 4.60. The van der Waals surface area contributed by atoms with Gasteiger partial charge in [0.1, 0.15) is 11.4 Å². The first-order valence-corrected chi connectivity index (χ1v) is 13.1. The van der Waals surface area contributed by atoms with Crippen LogP contribution in [-0.2, 0) is 10.9 Å². The highest BCUT2D eigenvalue weighted by molar-refractivity contribution is 7.97. The predicted octanol–water partition coefficient (Wildman–Crippen LogP) is 8.30. The molecule has 1 aliphatic rings. The second-order valence-corrected chi connectivity index (χ2v) is 10.6. The maximum absolute atomic E-state index is 6.79. The van der Waals surface area contributed by atoms with Gasteiger partial charge in [0, 0.05) is 0 Å². The molecule has 1 nitrogen and oxygen atoms in total. The van der Waals surface area contributed by atoms with Crippen LogP contribution in [0.1, 0.15) is 58.8 Å². The molecule has 0 spiro atoms. The highest BCUT2D eigenvalue weighted by Gasteiger charge is 2.38. The van der Waals surface area contributed by atoms with Crippen LogP contribution in [0.25, 0.3) is 0 Å². The number of benzene rings is 3. The van der Waals surface area contributed by atoms with Crippen LogP contribution in [0.5, 0.6) is 5.75 Å². The molecule has 0 saturated heterocycles. The Morgan fingerprint density at radius 2 is 1.16 bits per heavy atom. The number of hydrogen-bond acceptors (Lipinski definition) is 1. The van der Waals surface area contributed by atoms with Gasteiger partial charge in [-0.3, -0.25) is 0 Å². The van der Waals surface area contributed by atoms with Crippen molar-refractivity contribution in [2.45, 2.75) is 79.1 Å². The quantitative estimate of drug-likeness (QED) is 0.326. The zero-order valence-electron chi connectivity index (χ0n) is 18.9. The largest absolute Gasteiger partial charge is 0.487 e. The van der Waals surface area contributed by atoms with Gasteiger partial charge in [-0.25, -0.2) is 0 Å². The minimum absolute atomic E-state index is 0.0253. The van der Waals surface area contributed by atoms with Crippen molar-refractivity contribution in [2.24, 2.45) is 5.92 Å². The molecule has 0 heterocycles. The van der Waals surface area contributed by atoms with Crippen molar-refractivity contribution in [3.63, 3.8) is 0 Å². The van der Waals surface area contributed by atoms with Gasteiger partial charge in [0.15, 0.2) is 14.7 Å². The van der Waals surface area contributed by atoms with Crippen molar-refractivity contribution >= 4 is 10.9 Å². The molecule has 162 valence electrons. The van der Waals surface area contributed by atoms with Crippen molar-refractivity contribution in [1.29, 1.82) is 0 Å². The Bertz CT molecular complexity index is 870. The van der Waals surface area contributed by atoms with Crippen molar-refractivity contribution in [3.8, 4) is 5.75 Å². The van der Waals surface area contributed by atoms with Crippen molar-refractivity contribution in [3.05, 3.63) is 84.9 Å². The van der Waals surface area contributed by atoms with Gasteiger partial charge in [-0.05, 0) is 80.1 Å². The van der Waals surface area contributed by atoms with Crippen LogP contribution in [0.2, 0.25) is 0 Å². The molecule has 1 saturated carbocycles. The van der Waals surface area contributed by atoms with Crippen molar-refractivity contribution in [2.75, 3.05) is 0 Å². The SMILES string of the molecule is CCC(CC)(Oc1ccc([S+](c2ccccc2)c2ccccc2)cc1)C1CCCCC1. The summed E-state index contributed by atoms with van der Waals surface area (Å²) < 4.78 is 6.79. The van der Waals surface area contributed by atoms with Gasteiger partial charge in [0.05, 0.1) is 10.9 Å². The molecule has 0 unspecified atom stereocenters. The van der Waals surface area contributed by atoms with Gasteiger partial charge in [0.25, 0.3) is 0 Å². The smallest absolute Gasteiger partial charge is 0.166 e. The number of hydrogen-bond donors (Lipinski definition) is 0. The van der Waals surface area contributed by atoms with E-state index in [2.05, 4.69) is 98.8 Å². The van der Waals surface area contributed by atoms with Gasteiger partial charge in [0.2, 0.25) is 0 Å². The van der Waals surface area contributed by atoms with E-state index in [4.69, 9.17) is 4.74 Å². The summed E-state index contributed by atoms with van der Waals surface area (Å²) in [6, 6.07) is 30.6. The Hall–Kier alpha value is -2.19. The van der Waals surface area contributed by atoms with Gasteiger partial charge in [-0.2, -0.15) is 0 Å². The van der Waals surface area contributed by atoms with Crippen molar-refractivity contribution in [1.82, 2.24) is 0 Å². The first-order valence-electron chi connectivity index (χ1n) is 11.9. The maximum Gasteiger partial charge on any atom is 0.166 e. The van der Waals surface area contributed by atoms with Crippen LogP contribution in [0, 0.1) is 5.92 Å². The summed E-state index contributed by atoms with van der Waals surface area (Å²) in [6.07, 6.45) is 8.87. The Morgan fingerprint density at radius 3 is 1.65 bits per heavy atom. The van der Waals surface area contributed by atoms with Crippen LogP contribution in [0.4, 0.5) is 0 Å².